The monoisotopic (exact) mass is 418 g/mol. The molecule has 1 aliphatic rings. The first-order valence-corrected chi connectivity index (χ1v) is 9.04. The summed E-state index contributed by atoms with van der Waals surface area (Å²) in [5.74, 6) is -10.2. The van der Waals surface area contributed by atoms with Crippen LogP contribution in [0.5, 0.6) is 0 Å². The van der Waals surface area contributed by atoms with E-state index >= 15 is 0 Å². The normalized spacial score (nSPS) is 15.9. The largest absolute Gasteiger partial charge is 0.461 e. The zero-order chi connectivity index (χ0) is 21.8. The number of halogens is 4. The average Bonchev–Trinajstić information content (AvgIpc) is 3.19. The van der Waals surface area contributed by atoms with Crippen molar-refractivity contribution in [2.45, 2.75) is 38.1 Å². The molecule has 2 N–H and O–H groups in total. The second-order valence-corrected chi connectivity index (χ2v) is 6.77. The molecular formula is C19H22F4N2O4. The highest BCUT2D eigenvalue weighted by Crippen LogP contribution is 2.34. The number of aliphatic hydroxyl groups is 1. The molecular weight excluding hydrogens is 396 g/mol. The van der Waals surface area contributed by atoms with Gasteiger partial charge in [-0.15, -0.1) is 0 Å². The van der Waals surface area contributed by atoms with Gasteiger partial charge in [0, 0.05) is 13.2 Å². The fraction of sp³-hybridized carbons (Fsp3) is 0.474. The van der Waals surface area contributed by atoms with Crippen LogP contribution in [0.2, 0.25) is 0 Å². The summed E-state index contributed by atoms with van der Waals surface area (Å²) in [6.45, 7) is 1.29. The number of amides is 1. The summed E-state index contributed by atoms with van der Waals surface area (Å²) in [6.07, 6.45) is 4.22. The Labute approximate surface area is 165 Å². The Morgan fingerprint density at radius 3 is 2.38 bits per heavy atom. The van der Waals surface area contributed by atoms with E-state index in [1.54, 1.807) is 11.9 Å². The van der Waals surface area contributed by atoms with E-state index in [9.17, 15) is 32.3 Å². The number of hydrogen-bond donors (Lipinski definition) is 2. The average molecular weight is 418 g/mol. The van der Waals surface area contributed by atoms with Gasteiger partial charge in [0.15, 0.2) is 23.3 Å². The molecule has 1 aliphatic carbocycles. The van der Waals surface area contributed by atoms with Crippen LogP contribution in [0.3, 0.4) is 0 Å². The minimum atomic E-state index is -2.14. The third-order valence-electron chi connectivity index (χ3n) is 4.99. The maximum atomic E-state index is 13.9. The Morgan fingerprint density at radius 2 is 1.83 bits per heavy atom. The number of rotatable bonds is 7. The van der Waals surface area contributed by atoms with E-state index in [2.05, 4.69) is 5.32 Å². The van der Waals surface area contributed by atoms with Crippen LogP contribution in [0.4, 0.5) is 17.6 Å². The lowest BCUT2D eigenvalue weighted by Gasteiger charge is -2.37. The quantitative estimate of drug-likeness (QED) is 0.234. The van der Waals surface area contributed by atoms with Crippen molar-refractivity contribution in [2.24, 2.45) is 0 Å². The van der Waals surface area contributed by atoms with Crippen molar-refractivity contribution in [2.75, 3.05) is 20.3 Å². The highest BCUT2D eigenvalue weighted by Gasteiger charge is 2.37. The van der Waals surface area contributed by atoms with E-state index in [-0.39, 0.29) is 19.3 Å². The number of likely N-dealkylation sites (N-methyl/N-ethyl adjacent to an activating group) is 1. The number of aliphatic hydroxyl groups excluding tert-OH is 1. The number of benzene rings is 1. The summed E-state index contributed by atoms with van der Waals surface area (Å²) in [7, 11) is 1.59. The highest BCUT2D eigenvalue weighted by molar-refractivity contribution is 6.01. The standard InChI is InChI=1S/C19H22F4N2O4/c1-3-29-18(28)13(9-25(2)19(10-26)6-4-5-7-19)24-17(27)11-8-12(20)15(22)16(23)14(11)21/h8-9,26H,3-7,10H2,1-2H3,(H,24,27)/b13-9-. The van der Waals surface area contributed by atoms with Gasteiger partial charge in [0.2, 0.25) is 0 Å². The van der Waals surface area contributed by atoms with Gasteiger partial charge in [0.1, 0.15) is 5.70 Å². The zero-order valence-corrected chi connectivity index (χ0v) is 16.0. The lowest BCUT2D eigenvalue weighted by atomic mass is 9.97. The van der Waals surface area contributed by atoms with E-state index in [1.807, 2.05) is 0 Å². The van der Waals surface area contributed by atoms with Gasteiger partial charge in [-0.3, -0.25) is 4.79 Å². The first-order chi connectivity index (χ1) is 13.7. The molecule has 1 saturated carbocycles. The number of hydrogen-bond acceptors (Lipinski definition) is 5. The predicted octanol–water partition coefficient (Wildman–Crippen LogP) is 2.61. The molecule has 0 atom stereocenters. The van der Waals surface area contributed by atoms with Crippen LogP contribution in [0, 0.1) is 23.3 Å². The molecule has 1 aromatic rings. The van der Waals surface area contributed by atoms with Gasteiger partial charge in [-0.25, -0.2) is 22.4 Å². The molecule has 0 spiro atoms. The molecule has 0 saturated heterocycles. The molecule has 1 aromatic carbocycles. The zero-order valence-electron chi connectivity index (χ0n) is 16.0. The van der Waals surface area contributed by atoms with Gasteiger partial charge >= 0.3 is 5.97 Å². The van der Waals surface area contributed by atoms with Gasteiger partial charge in [-0.1, -0.05) is 12.8 Å². The van der Waals surface area contributed by atoms with E-state index in [4.69, 9.17) is 4.74 Å². The van der Waals surface area contributed by atoms with Crippen molar-refractivity contribution in [3.8, 4) is 0 Å². The fourth-order valence-corrected chi connectivity index (χ4v) is 3.26. The smallest absolute Gasteiger partial charge is 0.356 e. The van der Waals surface area contributed by atoms with Crippen LogP contribution in [-0.4, -0.2) is 47.7 Å². The van der Waals surface area contributed by atoms with Crippen molar-refractivity contribution in [1.29, 1.82) is 0 Å². The molecule has 0 bridgehead atoms. The summed E-state index contributed by atoms with van der Waals surface area (Å²) >= 11 is 0. The van der Waals surface area contributed by atoms with Crippen LogP contribution < -0.4 is 5.32 Å². The van der Waals surface area contributed by atoms with Crippen molar-refractivity contribution in [1.82, 2.24) is 10.2 Å². The van der Waals surface area contributed by atoms with Crippen molar-refractivity contribution in [3.63, 3.8) is 0 Å². The van der Waals surface area contributed by atoms with E-state index < -0.39 is 51.9 Å². The summed E-state index contributed by atoms with van der Waals surface area (Å²) in [6, 6.07) is 0.196. The van der Waals surface area contributed by atoms with Crippen LogP contribution in [-0.2, 0) is 9.53 Å². The first kappa shape index (κ1) is 22.7. The molecule has 0 unspecified atom stereocenters. The molecule has 0 heterocycles. The Morgan fingerprint density at radius 1 is 1.21 bits per heavy atom. The third kappa shape index (κ3) is 4.69. The van der Waals surface area contributed by atoms with Gasteiger partial charge in [-0.05, 0) is 25.8 Å². The molecule has 1 amide bonds. The lowest BCUT2D eigenvalue weighted by molar-refractivity contribution is -0.139. The highest BCUT2D eigenvalue weighted by atomic mass is 19.2. The minimum absolute atomic E-state index is 0.0327. The maximum Gasteiger partial charge on any atom is 0.356 e. The topological polar surface area (TPSA) is 78.9 Å². The van der Waals surface area contributed by atoms with Gasteiger partial charge in [0.05, 0.1) is 24.3 Å². The van der Waals surface area contributed by atoms with E-state index in [0.29, 0.717) is 12.8 Å². The Kier molecular flexibility index (Phi) is 7.23. The van der Waals surface area contributed by atoms with Gasteiger partial charge in [0.25, 0.3) is 5.91 Å². The van der Waals surface area contributed by atoms with Gasteiger partial charge < -0.3 is 20.1 Å². The second kappa shape index (κ2) is 9.25. The van der Waals surface area contributed by atoms with E-state index in [1.165, 1.54) is 13.1 Å². The predicted molar refractivity (Wildman–Crippen MR) is 94.5 cm³/mol. The van der Waals surface area contributed by atoms with E-state index in [0.717, 1.165) is 12.8 Å². The molecule has 0 radical (unpaired) electrons. The summed E-state index contributed by atoms with van der Waals surface area (Å²) in [4.78, 5) is 26.1. The number of ether oxygens (including phenoxy) is 1. The Hall–Kier alpha value is -2.62. The summed E-state index contributed by atoms with van der Waals surface area (Å²) in [5, 5.41) is 11.8. The molecule has 6 nitrogen and oxygen atoms in total. The summed E-state index contributed by atoms with van der Waals surface area (Å²) in [5.41, 5.74) is -2.19. The van der Waals surface area contributed by atoms with Crippen LogP contribution in [0.25, 0.3) is 0 Å². The van der Waals surface area contributed by atoms with Crippen molar-refractivity contribution >= 4 is 11.9 Å². The number of carbonyl (C=O) groups is 2. The number of carbonyl (C=O) groups excluding carboxylic acids is 2. The molecule has 1 fully saturated rings. The minimum Gasteiger partial charge on any atom is -0.461 e. The van der Waals surface area contributed by atoms with Crippen molar-refractivity contribution in [3.05, 3.63) is 46.8 Å². The first-order valence-electron chi connectivity index (χ1n) is 9.04. The summed E-state index contributed by atoms with van der Waals surface area (Å²) < 4.78 is 58.7. The van der Waals surface area contributed by atoms with Crippen LogP contribution in [0.15, 0.2) is 18.0 Å². The van der Waals surface area contributed by atoms with Crippen molar-refractivity contribution < 1.29 is 37.0 Å². The Balaban J connectivity index is 2.37. The third-order valence-corrected chi connectivity index (χ3v) is 4.99. The molecule has 0 aliphatic heterocycles. The number of nitrogens with one attached hydrogen (secondary N) is 1. The second-order valence-electron chi connectivity index (χ2n) is 6.77. The molecule has 29 heavy (non-hydrogen) atoms. The lowest BCUT2D eigenvalue weighted by Crippen LogP contribution is -2.45. The van der Waals surface area contributed by atoms with Crippen LogP contribution >= 0.6 is 0 Å². The molecule has 0 aromatic heterocycles. The van der Waals surface area contributed by atoms with Crippen LogP contribution in [0.1, 0.15) is 43.0 Å². The number of nitrogens with zero attached hydrogens (tertiary/aromatic N) is 1. The molecule has 160 valence electrons. The fourth-order valence-electron chi connectivity index (χ4n) is 3.26. The van der Waals surface area contributed by atoms with Gasteiger partial charge in [-0.2, -0.15) is 0 Å². The SMILES string of the molecule is CCOC(=O)/C(=C/N(C)C1(CO)CCCC1)NC(=O)c1cc(F)c(F)c(F)c1F. The number of esters is 1. The molecule has 2 rings (SSSR count). The maximum absolute atomic E-state index is 13.9. The molecule has 10 heteroatoms. The Bertz CT molecular complexity index is 823.